The number of carboxylic acid groups (broad SMARTS) is 1. The van der Waals surface area contributed by atoms with Crippen LogP contribution in [0.25, 0.3) is 0 Å². The first-order valence-electron chi connectivity index (χ1n) is 4.61. The molecular formula is C9H15NO2. The molecule has 0 unspecified atom stereocenters. The third kappa shape index (κ3) is 0.829. The largest absolute Gasteiger partial charge is 0.481 e. The zero-order valence-electron chi connectivity index (χ0n) is 7.39. The molecule has 3 rings (SSSR count). The fourth-order valence-corrected chi connectivity index (χ4v) is 2.82. The average Bonchev–Trinajstić information content (AvgIpc) is 2.42. The van der Waals surface area contributed by atoms with Crippen LogP contribution in [0, 0.1) is 5.41 Å². The number of aliphatic carboxylic acids is 1. The van der Waals surface area contributed by atoms with Crippen molar-refractivity contribution in [1.82, 2.24) is 5.32 Å². The standard InChI is InChI=1S/C9H15NO2/c1-2-3-9-4-8(5-9,6-10-9)7(11)12/h10H,2-6H2,1H3,(H,11,12). The summed E-state index contributed by atoms with van der Waals surface area (Å²) in [6, 6.07) is 0. The van der Waals surface area contributed by atoms with Crippen molar-refractivity contribution in [1.29, 1.82) is 0 Å². The van der Waals surface area contributed by atoms with Crippen molar-refractivity contribution in [2.75, 3.05) is 6.54 Å². The molecule has 3 heteroatoms. The number of hydrogen-bond acceptors (Lipinski definition) is 2. The number of nitrogens with one attached hydrogen (secondary N) is 1. The molecule has 3 nitrogen and oxygen atoms in total. The van der Waals surface area contributed by atoms with Crippen LogP contribution in [-0.4, -0.2) is 23.2 Å². The van der Waals surface area contributed by atoms with Crippen LogP contribution in [0.1, 0.15) is 32.6 Å². The van der Waals surface area contributed by atoms with Gasteiger partial charge in [0, 0.05) is 12.1 Å². The van der Waals surface area contributed by atoms with Gasteiger partial charge in [-0.2, -0.15) is 0 Å². The lowest BCUT2D eigenvalue weighted by atomic mass is 9.60. The molecule has 1 aliphatic carbocycles. The molecule has 2 aliphatic heterocycles. The van der Waals surface area contributed by atoms with Gasteiger partial charge in [0.05, 0.1) is 5.41 Å². The summed E-state index contributed by atoms with van der Waals surface area (Å²) in [5, 5.41) is 12.3. The van der Waals surface area contributed by atoms with Crippen LogP contribution in [-0.2, 0) is 4.79 Å². The van der Waals surface area contributed by atoms with E-state index in [-0.39, 0.29) is 5.54 Å². The molecule has 2 saturated heterocycles. The highest BCUT2D eigenvalue weighted by atomic mass is 16.4. The Hall–Kier alpha value is -0.570. The summed E-state index contributed by atoms with van der Waals surface area (Å²) in [6.07, 6.45) is 3.97. The maximum absolute atomic E-state index is 10.9. The Morgan fingerprint density at radius 3 is 2.67 bits per heavy atom. The molecule has 12 heavy (non-hydrogen) atoms. The molecule has 3 fully saturated rings. The van der Waals surface area contributed by atoms with Crippen LogP contribution >= 0.6 is 0 Å². The molecule has 0 aromatic rings. The van der Waals surface area contributed by atoms with Crippen molar-refractivity contribution >= 4 is 5.97 Å². The van der Waals surface area contributed by atoms with Gasteiger partial charge in [0.25, 0.3) is 0 Å². The fraction of sp³-hybridized carbons (Fsp3) is 0.889. The number of fused-ring (bicyclic) bond motifs is 1. The zero-order chi connectivity index (χ0) is 8.82. The van der Waals surface area contributed by atoms with Gasteiger partial charge in [-0.3, -0.25) is 4.79 Å². The second-order valence-electron chi connectivity index (χ2n) is 4.32. The summed E-state index contributed by atoms with van der Waals surface area (Å²) in [5.41, 5.74) is -0.192. The van der Waals surface area contributed by atoms with Crippen LogP contribution < -0.4 is 5.32 Å². The predicted molar refractivity (Wildman–Crippen MR) is 44.9 cm³/mol. The molecule has 0 aromatic heterocycles. The Morgan fingerprint density at radius 2 is 2.25 bits per heavy atom. The van der Waals surface area contributed by atoms with Gasteiger partial charge in [0.1, 0.15) is 0 Å². The minimum Gasteiger partial charge on any atom is -0.481 e. The summed E-state index contributed by atoms with van der Waals surface area (Å²) in [5.74, 6) is -0.612. The van der Waals surface area contributed by atoms with Crippen LogP contribution in [0.5, 0.6) is 0 Å². The minimum absolute atomic E-state index is 0.202. The highest BCUT2D eigenvalue weighted by molar-refractivity contribution is 5.78. The fourth-order valence-electron chi connectivity index (χ4n) is 2.82. The van der Waals surface area contributed by atoms with Gasteiger partial charge in [0.15, 0.2) is 0 Å². The van der Waals surface area contributed by atoms with Gasteiger partial charge >= 0.3 is 5.97 Å². The van der Waals surface area contributed by atoms with E-state index in [2.05, 4.69) is 12.2 Å². The van der Waals surface area contributed by atoms with E-state index in [9.17, 15) is 4.79 Å². The SMILES string of the molecule is CCCC12CC(C(=O)O)(CN1)C2. The van der Waals surface area contributed by atoms with Crippen molar-refractivity contribution in [2.24, 2.45) is 5.41 Å². The van der Waals surface area contributed by atoms with Gasteiger partial charge in [0.2, 0.25) is 0 Å². The van der Waals surface area contributed by atoms with Crippen molar-refractivity contribution in [3.63, 3.8) is 0 Å². The van der Waals surface area contributed by atoms with Crippen LogP contribution in [0.3, 0.4) is 0 Å². The summed E-state index contributed by atoms with van der Waals surface area (Å²) in [7, 11) is 0. The summed E-state index contributed by atoms with van der Waals surface area (Å²) < 4.78 is 0. The molecule has 2 N–H and O–H groups in total. The van der Waals surface area contributed by atoms with Crippen molar-refractivity contribution < 1.29 is 9.90 Å². The van der Waals surface area contributed by atoms with E-state index in [1.165, 1.54) is 0 Å². The molecule has 2 heterocycles. The number of carbonyl (C=O) groups is 1. The van der Waals surface area contributed by atoms with E-state index >= 15 is 0 Å². The summed E-state index contributed by atoms with van der Waals surface area (Å²) >= 11 is 0. The van der Waals surface area contributed by atoms with Crippen molar-refractivity contribution in [3.05, 3.63) is 0 Å². The maximum Gasteiger partial charge on any atom is 0.311 e. The van der Waals surface area contributed by atoms with E-state index in [0.717, 1.165) is 25.7 Å². The van der Waals surface area contributed by atoms with Gasteiger partial charge in [-0.25, -0.2) is 0 Å². The lowest BCUT2D eigenvalue weighted by Crippen LogP contribution is -2.50. The summed E-state index contributed by atoms with van der Waals surface area (Å²) in [6.45, 7) is 2.83. The summed E-state index contributed by atoms with van der Waals surface area (Å²) in [4.78, 5) is 10.9. The van der Waals surface area contributed by atoms with Crippen LogP contribution in [0.15, 0.2) is 0 Å². The third-order valence-electron chi connectivity index (χ3n) is 3.34. The van der Waals surface area contributed by atoms with E-state index in [0.29, 0.717) is 6.54 Å². The van der Waals surface area contributed by atoms with E-state index in [1.807, 2.05) is 0 Å². The number of rotatable bonds is 3. The minimum atomic E-state index is -0.612. The van der Waals surface area contributed by atoms with E-state index in [4.69, 9.17) is 5.11 Å². The van der Waals surface area contributed by atoms with Gasteiger partial charge in [-0.1, -0.05) is 13.3 Å². The smallest absolute Gasteiger partial charge is 0.311 e. The Morgan fingerprint density at radius 1 is 1.58 bits per heavy atom. The first kappa shape index (κ1) is 8.05. The molecule has 68 valence electrons. The normalized spacial score (nSPS) is 44.1. The second kappa shape index (κ2) is 2.22. The highest BCUT2D eigenvalue weighted by Crippen LogP contribution is 2.55. The Balaban J connectivity index is 2.05. The predicted octanol–water partition coefficient (Wildman–Crippen LogP) is 0.993. The van der Waals surface area contributed by atoms with Crippen LogP contribution in [0.4, 0.5) is 0 Å². The van der Waals surface area contributed by atoms with Crippen molar-refractivity contribution in [3.8, 4) is 0 Å². The van der Waals surface area contributed by atoms with E-state index < -0.39 is 11.4 Å². The quantitative estimate of drug-likeness (QED) is 0.662. The molecule has 0 aromatic carbocycles. The number of hydrogen-bond donors (Lipinski definition) is 2. The molecule has 0 spiro atoms. The van der Waals surface area contributed by atoms with E-state index in [1.54, 1.807) is 0 Å². The first-order valence-corrected chi connectivity index (χ1v) is 4.61. The van der Waals surface area contributed by atoms with Crippen LogP contribution in [0.2, 0.25) is 0 Å². The van der Waals surface area contributed by atoms with Gasteiger partial charge < -0.3 is 10.4 Å². The molecule has 2 bridgehead atoms. The average molecular weight is 169 g/mol. The Labute approximate surface area is 72.2 Å². The lowest BCUT2D eigenvalue weighted by Gasteiger charge is -2.43. The monoisotopic (exact) mass is 169 g/mol. The molecule has 1 saturated carbocycles. The number of carboxylic acids is 1. The third-order valence-corrected chi connectivity index (χ3v) is 3.34. The lowest BCUT2D eigenvalue weighted by molar-refractivity contribution is -0.153. The van der Waals surface area contributed by atoms with Crippen molar-refractivity contribution in [2.45, 2.75) is 38.1 Å². The Kier molecular flexibility index (Phi) is 1.49. The zero-order valence-corrected chi connectivity index (χ0v) is 7.39. The highest BCUT2D eigenvalue weighted by Gasteiger charge is 2.64. The maximum atomic E-state index is 10.9. The molecule has 3 aliphatic rings. The molecule has 0 atom stereocenters. The first-order chi connectivity index (χ1) is 5.63. The Bertz CT molecular complexity index is 219. The molecular weight excluding hydrogens is 154 g/mol. The van der Waals surface area contributed by atoms with Gasteiger partial charge in [-0.05, 0) is 19.3 Å². The topological polar surface area (TPSA) is 49.3 Å². The van der Waals surface area contributed by atoms with Gasteiger partial charge in [-0.15, -0.1) is 0 Å². The molecule has 0 radical (unpaired) electrons. The molecule has 0 amide bonds. The second-order valence-corrected chi connectivity index (χ2v) is 4.32.